The highest BCUT2D eigenvalue weighted by Gasteiger charge is 2.15. The number of ether oxygens (including phenoxy) is 2. The standard InChI is InChI=1S/C16H11Cl2N3O2/c1-22-11-3-2-4-12(9-11)23-13-14(17)20-16(21-15(13)18)10-5-7-19-8-6-10/h2-9H,1H3. The van der Waals surface area contributed by atoms with Gasteiger partial charge in [-0.25, -0.2) is 9.97 Å². The summed E-state index contributed by atoms with van der Waals surface area (Å²) in [5.74, 6) is 1.78. The van der Waals surface area contributed by atoms with E-state index < -0.39 is 0 Å². The molecule has 0 unspecified atom stereocenters. The van der Waals surface area contributed by atoms with Gasteiger partial charge in [-0.1, -0.05) is 29.3 Å². The summed E-state index contributed by atoms with van der Waals surface area (Å²) < 4.78 is 10.8. The summed E-state index contributed by atoms with van der Waals surface area (Å²) in [5, 5.41) is 0.249. The fourth-order valence-corrected chi connectivity index (χ4v) is 2.36. The molecule has 0 N–H and O–H groups in total. The summed E-state index contributed by atoms with van der Waals surface area (Å²) in [6, 6.07) is 10.6. The third-order valence-electron chi connectivity index (χ3n) is 2.98. The van der Waals surface area contributed by atoms with Gasteiger partial charge in [0.25, 0.3) is 0 Å². The van der Waals surface area contributed by atoms with E-state index in [2.05, 4.69) is 15.0 Å². The number of benzene rings is 1. The van der Waals surface area contributed by atoms with Crippen molar-refractivity contribution in [1.29, 1.82) is 0 Å². The smallest absolute Gasteiger partial charge is 0.201 e. The number of aromatic nitrogens is 3. The number of hydrogen-bond acceptors (Lipinski definition) is 5. The normalized spacial score (nSPS) is 10.4. The van der Waals surface area contributed by atoms with E-state index in [0.717, 1.165) is 5.56 Å². The number of rotatable bonds is 4. The van der Waals surface area contributed by atoms with Crippen molar-refractivity contribution in [3.8, 4) is 28.6 Å². The highest BCUT2D eigenvalue weighted by Crippen LogP contribution is 2.36. The van der Waals surface area contributed by atoms with Crippen LogP contribution < -0.4 is 9.47 Å². The van der Waals surface area contributed by atoms with Crippen LogP contribution in [-0.4, -0.2) is 22.1 Å². The van der Waals surface area contributed by atoms with Crippen LogP contribution in [0.25, 0.3) is 11.4 Å². The molecule has 23 heavy (non-hydrogen) atoms. The Labute approximate surface area is 142 Å². The Morgan fingerprint density at radius 3 is 2.22 bits per heavy atom. The molecule has 3 rings (SSSR count). The fourth-order valence-electron chi connectivity index (χ4n) is 1.89. The van der Waals surface area contributed by atoms with Crippen LogP contribution in [-0.2, 0) is 0 Å². The van der Waals surface area contributed by atoms with E-state index in [4.69, 9.17) is 32.7 Å². The molecule has 2 aromatic heterocycles. The number of nitrogens with zero attached hydrogens (tertiary/aromatic N) is 3. The Bertz CT molecular complexity index is 806. The van der Waals surface area contributed by atoms with Gasteiger partial charge in [-0.2, -0.15) is 0 Å². The van der Waals surface area contributed by atoms with Gasteiger partial charge in [0.2, 0.25) is 5.75 Å². The second-order valence-corrected chi connectivity index (χ2v) is 5.19. The molecular formula is C16H11Cl2N3O2. The first-order valence-electron chi connectivity index (χ1n) is 6.62. The molecule has 0 saturated heterocycles. The maximum absolute atomic E-state index is 6.20. The minimum atomic E-state index is 0.125. The van der Waals surface area contributed by atoms with Crippen molar-refractivity contribution in [3.05, 3.63) is 59.1 Å². The lowest BCUT2D eigenvalue weighted by molar-refractivity contribution is 0.409. The highest BCUT2D eigenvalue weighted by atomic mass is 35.5. The van der Waals surface area contributed by atoms with Gasteiger partial charge >= 0.3 is 0 Å². The van der Waals surface area contributed by atoms with Gasteiger partial charge in [-0.3, -0.25) is 4.98 Å². The quantitative estimate of drug-likeness (QED) is 0.643. The molecule has 0 saturated carbocycles. The molecule has 2 heterocycles. The van der Waals surface area contributed by atoms with Crippen molar-refractivity contribution in [3.63, 3.8) is 0 Å². The third-order valence-corrected chi connectivity index (χ3v) is 3.49. The molecule has 0 aliphatic rings. The predicted octanol–water partition coefficient (Wildman–Crippen LogP) is 4.65. The maximum atomic E-state index is 6.20. The van der Waals surface area contributed by atoms with Crippen LogP contribution in [0.1, 0.15) is 0 Å². The molecule has 3 aromatic rings. The average Bonchev–Trinajstić information content (AvgIpc) is 2.59. The van der Waals surface area contributed by atoms with E-state index in [9.17, 15) is 0 Å². The molecule has 7 heteroatoms. The van der Waals surface area contributed by atoms with Crippen LogP contribution in [0.5, 0.6) is 17.2 Å². The van der Waals surface area contributed by atoms with Crippen molar-refractivity contribution in [2.45, 2.75) is 0 Å². The average molecular weight is 348 g/mol. The van der Waals surface area contributed by atoms with E-state index in [-0.39, 0.29) is 16.1 Å². The SMILES string of the molecule is COc1cccc(Oc2c(Cl)nc(-c3ccncc3)nc2Cl)c1. The summed E-state index contributed by atoms with van der Waals surface area (Å²) in [6.45, 7) is 0. The summed E-state index contributed by atoms with van der Waals surface area (Å²) in [7, 11) is 1.58. The molecule has 0 bridgehead atoms. The van der Waals surface area contributed by atoms with Crippen LogP contribution in [0, 0.1) is 0 Å². The molecule has 0 aliphatic carbocycles. The second-order valence-electron chi connectivity index (χ2n) is 4.47. The summed E-state index contributed by atoms with van der Waals surface area (Å²) in [4.78, 5) is 12.4. The van der Waals surface area contributed by atoms with Gasteiger partial charge in [-0.15, -0.1) is 0 Å². The zero-order valence-electron chi connectivity index (χ0n) is 12.0. The topological polar surface area (TPSA) is 57.1 Å². The van der Waals surface area contributed by atoms with Gasteiger partial charge < -0.3 is 9.47 Å². The first-order chi connectivity index (χ1) is 11.2. The van der Waals surface area contributed by atoms with Gasteiger partial charge in [0.1, 0.15) is 11.5 Å². The first-order valence-corrected chi connectivity index (χ1v) is 7.38. The number of halogens is 2. The Morgan fingerprint density at radius 2 is 1.57 bits per heavy atom. The maximum Gasteiger partial charge on any atom is 0.201 e. The monoisotopic (exact) mass is 347 g/mol. The van der Waals surface area contributed by atoms with Crippen molar-refractivity contribution < 1.29 is 9.47 Å². The largest absolute Gasteiger partial charge is 0.497 e. The molecule has 0 radical (unpaired) electrons. The second kappa shape index (κ2) is 6.81. The molecule has 5 nitrogen and oxygen atoms in total. The Balaban J connectivity index is 1.94. The molecule has 0 spiro atoms. The molecule has 0 atom stereocenters. The lowest BCUT2D eigenvalue weighted by atomic mass is 10.2. The lowest BCUT2D eigenvalue weighted by Crippen LogP contribution is -1.96. The number of pyridine rings is 1. The molecule has 0 fully saturated rings. The van der Waals surface area contributed by atoms with Crippen LogP contribution in [0.15, 0.2) is 48.8 Å². The van der Waals surface area contributed by atoms with Crippen molar-refractivity contribution in [2.24, 2.45) is 0 Å². The minimum absolute atomic E-state index is 0.125. The van der Waals surface area contributed by atoms with Crippen LogP contribution >= 0.6 is 23.2 Å². The van der Waals surface area contributed by atoms with Gasteiger partial charge in [0.05, 0.1) is 7.11 Å². The Kier molecular flexibility index (Phi) is 4.60. The van der Waals surface area contributed by atoms with Crippen molar-refractivity contribution in [1.82, 2.24) is 15.0 Å². The number of methoxy groups -OCH3 is 1. The molecular weight excluding hydrogens is 337 g/mol. The highest BCUT2D eigenvalue weighted by molar-refractivity contribution is 6.35. The molecule has 0 amide bonds. The first kappa shape index (κ1) is 15.5. The van der Waals surface area contributed by atoms with Crippen molar-refractivity contribution >= 4 is 23.2 Å². The predicted molar refractivity (Wildman–Crippen MR) is 88.4 cm³/mol. The number of hydrogen-bond donors (Lipinski definition) is 0. The Hall–Kier alpha value is -2.37. The zero-order valence-corrected chi connectivity index (χ0v) is 13.5. The molecule has 116 valence electrons. The minimum Gasteiger partial charge on any atom is -0.497 e. The summed E-state index contributed by atoms with van der Waals surface area (Å²) in [5.41, 5.74) is 0.761. The van der Waals surface area contributed by atoms with E-state index >= 15 is 0 Å². The van der Waals surface area contributed by atoms with E-state index in [1.54, 1.807) is 55.9 Å². The Morgan fingerprint density at radius 1 is 0.913 bits per heavy atom. The third kappa shape index (κ3) is 3.52. The van der Waals surface area contributed by atoms with Crippen LogP contribution in [0.2, 0.25) is 10.3 Å². The van der Waals surface area contributed by atoms with Crippen LogP contribution in [0.4, 0.5) is 0 Å². The molecule has 1 aromatic carbocycles. The van der Waals surface area contributed by atoms with Gasteiger partial charge in [0.15, 0.2) is 16.1 Å². The molecule has 0 aliphatic heterocycles. The summed E-state index contributed by atoms with van der Waals surface area (Å²) >= 11 is 12.4. The van der Waals surface area contributed by atoms with E-state index in [0.29, 0.717) is 17.3 Å². The fraction of sp³-hybridized carbons (Fsp3) is 0.0625. The zero-order chi connectivity index (χ0) is 16.2. The lowest BCUT2D eigenvalue weighted by Gasteiger charge is -2.10. The summed E-state index contributed by atoms with van der Waals surface area (Å²) in [6.07, 6.45) is 3.28. The van der Waals surface area contributed by atoms with E-state index in [1.807, 2.05) is 0 Å². The van der Waals surface area contributed by atoms with Gasteiger partial charge in [0, 0.05) is 24.0 Å². The van der Waals surface area contributed by atoms with Crippen molar-refractivity contribution in [2.75, 3.05) is 7.11 Å². The van der Waals surface area contributed by atoms with Gasteiger partial charge in [-0.05, 0) is 24.3 Å². The van der Waals surface area contributed by atoms with Crippen LogP contribution in [0.3, 0.4) is 0 Å². The van der Waals surface area contributed by atoms with E-state index in [1.165, 1.54) is 0 Å².